The summed E-state index contributed by atoms with van der Waals surface area (Å²) in [6, 6.07) is 24.3. The summed E-state index contributed by atoms with van der Waals surface area (Å²) in [5.74, 6) is 3.18. The van der Waals surface area contributed by atoms with Crippen LogP contribution >= 0.6 is 0 Å². The first-order chi connectivity index (χ1) is 33.2. The quantitative estimate of drug-likeness (QED) is 0.203. The van der Waals surface area contributed by atoms with E-state index in [0.717, 1.165) is 70.0 Å². The van der Waals surface area contributed by atoms with Gasteiger partial charge < -0.3 is 44.4 Å². The van der Waals surface area contributed by atoms with Crippen LogP contribution < -0.4 is 26.3 Å². The Hall–Kier alpha value is -3.69. The van der Waals surface area contributed by atoms with Gasteiger partial charge in [-0.15, -0.1) is 0 Å². The first-order valence-electron chi connectivity index (χ1n) is 27.3. The minimum atomic E-state index is -2.74. The molecule has 0 aliphatic carbocycles. The normalized spacial score (nSPS) is 35.4. The zero-order valence-corrected chi connectivity index (χ0v) is 46.5. The van der Waals surface area contributed by atoms with Gasteiger partial charge in [0, 0.05) is 24.2 Å². The molecule has 0 spiro atoms. The monoisotopic (exact) mass is 997 g/mol. The van der Waals surface area contributed by atoms with E-state index in [1.807, 2.05) is 77.0 Å². The Morgan fingerprint density at radius 1 is 0.465 bits per heavy atom. The minimum absolute atomic E-state index is 0.0234. The second-order valence-electron chi connectivity index (χ2n) is 26.8. The summed E-state index contributed by atoms with van der Waals surface area (Å²) in [7, 11) is -2.74. The number of nitrogens with zero attached hydrogens (tertiary/aromatic N) is 3. The molecule has 11 rings (SSSR count). The van der Waals surface area contributed by atoms with Crippen molar-refractivity contribution in [3.63, 3.8) is 0 Å². The summed E-state index contributed by atoms with van der Waals surface area (Å²) < 4.78 is 24.7. The van der Waals surface area contributed by atoms with E-state index in [4.69, 9.17) is 18.6 Å². The van der Waals surface area contributed by atoms with Crippen molar-refractivity contribution in [1.29, 1.82) is 0 Å². The van der Waals surface area contributed by atoms with Crippen LogP contribution in [0.15, 0.2) is 60.7 Å². The molecule has 6 unspecified atom stereocenters. The lowest BCUT2D eigenvalue weighted by Crippen LogP contribution is -2.69. The van der Waals surface area contributed by atoms with Gasteiger partial charge in [0.25, 0.3) is 8.32 Å². The van der Waals surface area contributed by atoms with Crippen molar-refractivity contribution in [2.75, 3.05) is 19.6 Å². The maximum absolute atomic E-state index is 13.4. The van der Waals surface area contributed by atoms with Crippen molar-refractivity contribution >= 4 is 37.0 Å². The summed E-state index contributed by atoms with van der Waals surface area (Å²) >= 11 is 0. The van der Waals surface area contributed by atoms with E-state index in [0.29, 0.717) is 54.0 Å². The van der Waals surface area contributed by atoms with E-state index < -0.39 is 25.1 Å². The lowest BCUT2D eigenvalue weighted by molar-refractivity contribution is -0.00735. The Bertz CT molecular complexity index is 2110. The van der Waals surface area contributed by atoms with Crippen LogP contribution in [0.5, 0.6) is 0 Å². The average Bonchev–Trinajstić information content (AvgIpc) is 3.46. The van der Waals surface area contributed by atoms with E-state index in [9.17, 15) is 14.4 Å². The number of amides is 3. The number of hydrogen-bond acceptors (Lipinski definition) is 10. The highest BCUT2D eigenvalue weighted by Gasteiger charge is 2.63. The number of carbonyl (C=O) groups excluding carboxylic acids is 3. The van der Waals surface area contributed by atoms with Gasteiger partial charge in [0.2, 0.25) is 0 Å². The van der Waals surface area contributed by atoms with Crippen molar-refractivity contribution in [1.82, 2.24) is 30.7 Å². The standard InChI is InChI=1S/C29H40N2O3Si.2C14H24N2O2/c1-28(2,3)33-27(32)31-23-17-20-18-24(31)26(25(23)30-19-20)34-35(29(4,5)6,21-13-9-7-10-14-21)22-15-11-8-12-16-22;2*1-8-10-5-9-6-11(12(8)15-7-9)16(10)13(17)18-14(2,3)4/h7-16,20,23-26,30H,17-19H2,1-6H3;2*8-12,15H,5-7H2,1-4H3/t20?,23?,24?,25?,26-;8-,9-,10?,11+,12-;8-,9-,10-,11?,12+/m010/s1. The van der Waals surface area contributed by atoms with Crippen molar-refractivity contribution in [2.24, 2.45) is 29.6 Å². The fourth-order valence-electron chi connectivity index (χ4n) is 14.7. The number of carbonyl (C=O) groups is 3. The molecule has 9 fully saturated rings. The fraction of sp³-hybridized carbons (Fsp3) is 0.737. The molecule has 2 aromatic rings. The molecule has 392 valence electrons. The average molecular weight is 997 g/mol. The van der Waals surface area contributed by atoms with Crippen LogP contribution in [0.2, 0.25) is 5.04 Å². The highest BCUT2D eigenvalue weighted by molar-refractivity contribution is 6.99. The van der Waals surface area contributed by atoms with Crippen LogP contribution in [0, 0.1) is 29.6 Å². The van der Waals surface area contributed by atoms with Crippen LogP contribution in [0.4, 0.5) is 14.4 Å². The Labute approximate surface area is 426 Å². The van der Waals surface area contributed by atoms with Crippen LogP contribution in [0.3, 0.4) is 0 Å². The largest absolute Gasteiger partial charge is 0.444 e. The molecule has 3 amide bonds. The molecule has 3 N–H and O–H groups in total. The molecular weight excluding hydrogens is 909 g/mol. The van der Waals surface area contributed by atoms with Gasteiger partial charge in [-0.1, -0.05) is 95.3 Å². The summed E-state index contributed by atoms with van der Waals surface area (Å²) in [5, 5.41) is 13.5. The molecule has 2 aromatic carbocycles. The molecular formula is C57H88N6O7Si. The molecule has 13 nitrogen and oxygen atoms in total. The number of rotatable bonds is 4. The third-order valence-corrected chi connectivity index (χ3v) is 22.4. The Morgan fingerprint density at radius 2 is 0.775 bits per heavy atom. The molecule has 15 atom stereocenters. The smallest absolute Gasteiger partial charge is 0.410 e. The Kier molecular flexibility index (Phi) is 14.1. The summed E-state index contributed by atoms with van der Waals surface area (Å²) in [5.41, 5.74) is -1.32. The van der Waals surface area contributed by atoms with Gasteiger partial charge in [-0.25, -0.2) is 14.4 Å². The Morgan fingerprint density at radius 3 is 1.13 bits per heavy atom. The second kappa shape index (κ2) is 19.2. The molecule has 9 aliphatic rings. The molecule has 0 aromatic heterocycles. The van der Waals surface area contributed by atoms with Crippen molar-refractivity contribution in [3.8, 4) is 0 Å². The van der Waals surface area contributed by atoms with Gasteiger partial charge in [0.1, 0.15) is 16.8 Å². The van der Waals surface area contributed by atoms with E-state index in [1.54, 1.807) is 0 Å². The van der Waals surface area contributed by atoms with Crippen LogP contribution in [-0.4, -0.2) is 138 Å². The molecule has 9 saturated heterocycles. The fourth-order valence-corrected chi connectivity index (χ4v) is 19.4. The molecule has 0 saturated carbocycles. The maximum Gasteiger partial charge on any atom is 0.410 e. The van der Waals surface area contributed by atoms with E-state index >= 15 is 0 Å². The summed E-state index contributed by atoms with van der Waals surface area (Å²) in [6.45, 7) is 32.2. The number of ether oxygens (including phenoxy) is 3. The van der Waals surface area contributed by atoms with E-state index in [-0.39, 0.29) is 47.5 Å². The number of fused-ring (bicyclic) bond motifs is 6. The lowest BCUT2D eigenvalue weighted by Gasteiger charge is -2.46. The van der Waals surface area contributed by atoms with Gasteiger partial charge in [-0.2, -0.15) is 0 Å². The first-order valence-corrected chi connectivity index (χ1v) is 29.2. The highest BCUT2D eigenvalue weighted by Crippen LogP contribution is 2.49. The van der Waals surface area contributed by atoms with E-state index in [2.05, 4.69) is 111 Å². The summed E-state index contributed by atoms with van der Waals surface area (Å²) in [4.78, 5) is 44.3. The zero-order valence-electron chi connectivity index (χ0n) is 45.5. The third-order valence-electron chi connectivity index (χ3n) is 17.4. The molecule has 9 heterocycles. The number of hydrogen-bond donors (Lipinski definition) is 3. The van der Waals surface area contributed by atoms with Gasteiger partial charge in [0.15, 0.2) is 0 Å². The van der Waals surface area contributed by atoms with Crippen molar-refractivity contribution < 1.29 is 33.0 Å². The van der Waals surface area contributed by atoms with Crippen molar-refractivity contribution in [2.45, 2.75) is 218 Å². The molecule has 9 aliphatic heterocycles. The van der Waals surface area contributed by atoms with Gasteiger partial charge in [-0.3, -0.25) is 4.90 Å². The van der Waals surface area contributed by atoms with Crippen molar-refractivity contribution in [3.05, 3.63) is 60.7 Å². The molecule has 14 heteroatoms. The molecule has 9 bridgehead atoms. The number of piperidine rings is 6. The maximum atomic E-state index is 13.4. The van der Waals surface area contributed by atoms with Gasteiger partial charge in [-0.05, 0) is 165 Å². The topological polar surface area (TPSA) is 134 Å². The molecule has 71 heavy (non-hydrogen) atoms. The lowest BCUT2D eigenvalue weighted by atomic mass is 9.88. The zero-order chi connectivity index (χ0) is 51.2. The number of nitrogens with one attached hydrogen (secondary N) is 3. The number of benzene rings is 2. The predicted molar refractivity (Wildman–Crippen MR) is 281 cm³/mol. The second-order valence-corrected chi connectivity index (χ2v) is 31.1. The highest BCUT2D eigenvalue weighted by atomic mass is 28.4. The van der Waals surface area contributed by atoms with Gasteiger partial charge >= 0.3 is 18.3 Å². The van der Waals surface area contributed by atoms with Crippen LogP contribution in [0.1, 0.15) is 135 Å². The Balaban J connectivity index is 0.000000145. The van der Waals surface area contributed by atoms with E-state index in [1.165, 1.54) is 10.4 Å². The predicted octanol–water partition coefficient (Wildman–Crippen LogP) is 8.29. The van der Waals surface area contributed by atoms with Gasteiger partial charge in [0.05, 0.1) is 36.3 Å². The summed E-state index contributed by atoms with van der Waals surface area (Å²) in [6.07, 6.45) is 6.05. The van der Waals surface area contributed by atoms with Crippen LogP contribution in [0.25, 0.3) is 0 Å². The SMILES string of the molecule is CC(C)(C)OC(=O)N1C2CC3CNC2[C@@H](O[Si](c2ccccc2)(c2ccccc2)C(C)(C)C)C1C3.C[C@@H]1C2C[C@H]3CN[C@H]1[C@H](C3)N2C(=O)OC(C)(C)C.C[C@@H]1[C@H]2NC[C@@H]3CC2N(C(=O)OC(C)(C)C)[C@H]1C3. The third kappa shape index (κ3) is 10.2. The molecule has 0 radical (unpaired) electrons. The minimum Gasteiger partial charge on any atom is -0.444 e. The van der Waals surface area contributed by atoms with Crippen LogP contribution in [-0.2, 0) is 18.6 Å². The first kappa shape index (κ1) is 52.2.